The van der Waals surface area contributed by atoms with Crippen LogP contribution in [-0.4, -0.2) is 25.1 Å². The minimum atomic E-state index is -0.952. The maximum atomic E-state index is 12.1. The molecule has 1 amide bonds. The van der Waals surface area contributed by atoms with Gasteiger partial charge in [-0.15, -0.1) is 0 Å². The third kappa shape index (κ3) is 5.65. The van der Waals surface area contributed by atoms with Crippen LogP contribution < -0.4 is 10.1 Å². The molecule has 0 aliphatic carbocycles. The van der Waals surface area contributed by atoms with Gasteiger partial charge in [-0.1, -0.05) is 35.9 Å². The lowest BCUT2D eigenvalue weighted by atomic mass is 10.2. The molecular formula is C19H18ClNO4. The van der Waals surface area contributed by atoms with Crippen LogP contribution in [0, 0.1) is 0 Å². The zero-order valence-electron chi connectivity index (χ0n) is 13.9. The summed E-state index contributed by atoms with van der Waals surface area (Å²) in [4.78, 5) is 24.0. The molecule has 0 radical (unpaired) electrons. The highest BCUT2D eigenvalue weighted by atomic mass is 35.5. The van der Waals surface area contributed by atoms with E-state index in [1.54, 1.807) is 54.6 Å². The molecule has 130 valence electrons. The topological polar surface area (TPSA) is 64.6 Å². The van der Waals surface area contributed by atoms with Gasteiger partial charge in [0.25, 0.3) is 5.91 Å². The van der Waals surface area contributed by atoms with Crippen molar-refractivity contribution < 1.29 is 19.1 Å². The highest BCUT2D eigenvalue weighted by Crippen LogP contribution is 2.23. The Labute approximate surface area is 151 Å². The summed E-state index contributed by atoms with van der Waals surface area (Å²) in [5.41, 5.74) is 1.31. The average molecular weight is 360 g/mol. The predicted octanol–water partition coefficient (Wildman–Crippen LogP) is 3.93. The number of methoxy groups -OCH3 is 1. The third-order valence-corrected chi connectivity index (χ3v) is 3.56. The van der Waals surface area contributed by atoms with E-state index in [9.17, 15) is 9.59 Å². The number of carbonyl (C=O) groups excluding carboxylic acids is 2. The van der Waals surface area contributed by atoms with Crippen molar-refractivity contribution in [1.82, 2.24) is 0 Å². The van der Waals surface area contributed by atoms with Crippen molar-refractivity contribution in [2.45, 2.75) is 13.0 Å². The summed E-state index contributed by atoms with van der Waals surface area (Å²) in [7, 11) is 1.51. The van der Waals surface area contributed by atoms with Crippen LogP contribution in [0.15, 0.2) is 54.6 Å². The van der Waals surface area contributed by atoms with Crippen molar-refractivity contribution in [3.8, 4) is 5.75 Å². The molecule has 25 heavy (non-hydrogen) atoms. The van der Waals surface area contributed by atoms with Gasteiger partial charge in [-0.2, -0.15) is 0 Å². The Morgan fingerprint density at radius 2 is 1.80 bits per heavy atom. The monoisotopic (exact) mass is 359 g/mol. The van der Waals surface area contributed by atoms with E-state index in [0.717, 1.165) is 5.56 Å². The molecule has 1 N–H and O–H groups in total. The van der Waals surface area contributed by atoms with Crippen molar-refractivity contribution in [1.29, 1.82) is 0 Å². The van der Waals surface area contributed by atoms with Gasteiger partial charge in [0, 0.05) is 11.1 Å². The van der Waals surface area contributed by atoms with E-state index < -0.39 is 18.0 Å². The number of esters is 1. The maximum absolute atomic E-state index is 12.1. The van der Waals surface area contributed by atoms with Gasteiger partial charge in [-0.05, 0) is 42.8 Å². The molecule has 0 heterocycles. The van der Waals surface area contributed by atoms with E-state index in [4.69, 9.17) is 21.1 Å². The molecule has 6 heteroatoms. The average Bonchev–Trinajstić information content (AvgIpc) is 2.61. The molecule has 2 rings (SSSR count). The minimum absolute atomic E-state index is 0.447. The van der Waals surface area contributed by atoms with E-state index in [1.807, 2.05) is 0 Å². The van der Waals surface area contributed by atoms with E-state index >= 15 is 0 Å². The second-order valence-electron chi connectivity index (χ2n) is 5.15. The lowest BCUT2D eigenvalue weighted by molar-refractivity contribution is -0.148. The SMILES string of the molecule is COc1ccccc1NC(=O)C(C)OC(=O)/C=C/c1ccc(Cl)cc1. The molecule has 1 atom stereocenters. The molecule has 5 nitrogen and oxygen atoms in total. The van der Waals surface area contributed by atoms with Crippen LogP contribution in [0.5, 0.6) is 5.75 Å². The Bertz CT molecular complexity index is 771. The van der Waals surface area contributed by atoms with Gasteiger partial charge in [0.05, 0.1) is 12.8 Å². The second kappa shape index (κ2) is 8.89. The Hall–Kier alpha value is -2.79. The summed E-state index contributed by atoms with van der Waals surface area (Å²) in [5.74, 6) is -0.535. The fourth-order valence-corrected chi connectivity index (χ4v) is 2.11. The van der Waals surface area contributed by atoms with Gasteiger partial charge in [0.15, 0.2) is 6.10 Å². The number of anilines is 1. The Morgan fingerprint density at radius 3 is 2.48 bits per heavy atom. The number of hydrogen-bond donors (Lipinski definition) is 1. The molecule has 1 unspecified atom stereocenters. The molecule has 0 aliphatic rings. The van der Waals surface area contributed by atoms with Crippen LogP contribution in [0.4, 0.5) is 5.69 Å². The zero-order chi connectivity index (χ0) is 18.2. The lowest BCUT2D eigenvalue weighted by Crippen LogP contribution is -2.29. The molecule has 0 fully saturated rings. The Kier molecular flexibility index (Phi) is 6.60. The quantitative estimate of drug-likeness (QED) is 0.627. The molecule has 0 aromatic heterocycles. The lowest BCUT2D eigenvalue weighted by Gasteiger charge is -2.14. The van der Waals surface area contributed by atoms with E-state index in [1.165, 1.54) is 20.1 Å². The number of halogens is 1. The number of amides is 1. The summed E-state index contributed by atoms with van der Waals surface area (Å²) >= 11 is 5.80. The predicted molar refractivity (Wildman–Crippen MR) is 97.7 cm³/mol. The van der Waals surface area contributed by atoms with Crippen molar-refractivity contribution in [2.24, 2.45) is 0 Å². The van der Waals surface area contributed by atoms with Crippen LogP contribution in [-0.2, 0) is 14.3 Å². The highest BCUT2D eigenvalue weighted by molar-refractivity contribution is 6.30. The van der Waals surface area contributed by atoms with Gasteiger partial charge >= 0.3 is 5.97 Å². The fraction of sp³-hybridized carbons (Fsp3) is 0.158. The Morgan fingerprint density at radius 1 is 1.12 bits per heavy atom. The van der Waals surface area contributed by atoms with Crippen LogP contribution in [0.3, 0.4) is 0 Å². The first-order chi connectivity index (χ1) is 12.0. The molecular weight excluding hydrogens is 342 g/mol. The number of carbonyl (C=O) groups is 2. The van der Waals surface area contributed by atoms with Gasteiger partial charge in [-0.25, -0.2) is 4.79 Å². The molecule has 0 spiro atoms. The molecule has 0 bridgehead atoms. The van der Waals surface area contributed by atoms with Gasteiger partial charge < -0.3 is 14.8 Å². The third-order valence-electron chi connectivity index (χ3n) is 3.31. The van der Waals surface area contributed by atoms with E-state index in [0.29, 0.717) is 16.5 Å². The summed E-state index contributed by atoms with van der Waals surface area (Å²) in [6, 6.07) is 14.0. The van der Waals surface area contributed by atoms with Gasteiger partial charge in [-0.3, -0.25) is 4.79 Å². The molecule has 2 aromatic rings. The number of hydrogen-bond acceptors (Lipinski definition) is 4. The molecule has 0 aliphatic heterocycles. The zero-order valence-corrected chi connectivity index (χ0v) is 14.6. The summed E-state index contributed by atoms with van der Waals surface area (Å²) in [5, 5.41) is 3.28. The Balaban J connectivity index is 1.91. The van der Waals surface area contributed by atoms with Crippen molar-refractivity contribution in [3.05, 3.63) is 65.2 Å². The summed E-state index contributed by atoms with van der Waals surface area (Å²) < 4.78 is 10.3. The summed E-state index contributed by atoms with van der Waals surface area (Å²) in [6.07, 6.45) is 1.90. The maximum Gasteiger partial charge on any atom is 0.331 e. The smallest absolute Gasteiger partial charge is 0.331 e. The summed E-state index contributed by atoms with van der Waals surface area (Å²) in [6.45, 7) is 1.50. The van der Waals surface area contributed by atoms with Gasteiger partial charge in [0.2, 0.25) is 0 Å². The van der Waals surface area contributed by atoms with Crippen molar-refractivity contribution >= 4 is 35.2 Å². The standard InChI is InChI=1S/C19H18ClNO4/c1-13(19(23)21-16-5-3-4-6-17(16)24-2)25-18(22)12-9-14-7-10-15(20)11-8-14/h3-13H,1-2H3,(H,21,23)/b12-9+. The first kappa shape index (κ1) is 18.5. The van der Waals surface area contributed by atoms with Crippen LogP contribution in [0.1, 0.15) is 12.5 Å². The molecule has 2 aromatic carbocycles. The number of rotatable bonds is 6. The van der Waals surface area contributed by atoms with Crippen LogP contribution in [0.25, 0.3) is 6.08 Å². The molecule has 0 saturated heterocycles. The number of benzene rings is 2. The van der Waals surface area contributed by atoms with Crippen LogP contribution in [0.2, 0.25) is 5.02 Å². The minimum Gasteiger partial charge on any atom is -0.495 e. The molecule has 0 saturated carbocycles. The number of para-hydroxylation sites is 2. The highest BCUT2D eigenvalue weighted by Gasteiger charge is 2.17. The normalized spacial score (nSPS) is 11.8. The van der Waals surface area contributed by atoms with E-state index in [2.05, 4.69) is 5.32 Å². The van der Waals surface area contributed by atoms with E-state index in [-0.39, 0.29) is 0 Å². The van der Waals surface area contributed by atoms with Crippen LogP contribution >= 0.6 is 11.6 Å². The fourth-order valence-electron chi connectivity index (χ4n) is 1.99. The van der Waals surface area contributed by atoms with Crippen molar-refractivity contribution in [2.75, 3.05) is 12.4 Å². The largest absolute Gasteiger partial charge is 0.495 e. The second-order valence-corrected chi connectivity index (χ2v) is 5.59. The first-order valence-electron chi connectivity index (χ1n) is 7.57. The van der Waals surface area contributed by atoms with Gasteiger partial charge in [0.1, 0.15) is 5.75 Å². The first-order valence-corrected chi connectivity index (χ1v) is 7.95. The number of nitrogens with one attached hydrogen (secondary N) is 1. The number of ether oxygens (including phenoxy) is 2. The van der Waals surface area contributed by atoms with Crippen molar-refractivity contribution in [3.63, 3.8) is 0 Å².